The summed E-state index contributed by atoms with van der Waals surface area (Å²) >= 11 is 3.65. The van der Waals surface area contributed by atoms with Crippen LogP contribution in [0.25, 0.3) is 0 Å². The van der Waals surface area contributed by atoms with Gasteiger partial charge in [0.25, 0.3) is 0 Å². The number of thiophene rings is 2. The predicted octanol–water partition coefficient (Wildman–Crippen LogP) is 3.93. The van der Waals surface area contributed by atoms with Crippen molar-refractivity contribution in [2.24, 2.45) is 4.99 Å². The van der Waals surface area contributed by atoms with E-state index in [1.807, 2.05) is 29.7 Å². The number of anilines is 1. The van der Waals surface area contributed by atoms with Gasteiger partial charge in [-0.3, -0.25) is 4.99 Å². The Morgan fingerprint density at radius 1 is 1.17 bits per heavy atom. The van der Waals surface area contributed by atoms with Crippen molar-refractivity contribution in [2.45, 2.75) is 12.8 Å². The molecule has 0 radical (unpaired) electrons. The highest BCUT2D eigenvalue weighted by molar-refractivity contribution is 14.0. The van der Waals surface area contributed by atoms with Crippen molar-refractivity contribution in [1.82, 2.24) is 10.2 Å². The van der Waals surface area contributed by atoms with Gasteiger partial charge in [0.2, 0.25) is 0 Å². The minimum absolute atomic E-state index is 0. The van der Waals surface area contributed by atoms with Crippen LogP contribution in [-0.4, -0.2) is 50.6 Å². The molecule has 4 nitrogen and oxygen atoms in total. The van der Waals surface area contributed by atoms with E-state index in [1.165, 1.54) is 9.88 Å². The van der Waals surface area contributed by atoms with Crippen molar-refractivity contribution in [2.75, 3.05) is 44.7 Å². The monoisotopic (exact) mass is 476 g/mol. The Morgan fingerprint density at radius 2 is 1.88 bits per heavy atom. The van der Waals surface area contributed by atoms with Gasteiger partial charge in [-0.25, -0.2) is 0 Å². The number of rotatable bonds is 4. The molecule has 132 valence electrons. The van der Waals surface area contributed by atoms with Crippen LogP contribution in [0.2, 0.25) is 0 Å². The van der Waals surface area contributed by atoms with Crippen molar-refractivity contribution in [1.29, 1.82) is 0 Å². The molecule has 1 unspecified atom stereocenters. The van der Waals surface area contributed by atoms with Gasteiger partial charge in [-0.05, 0) is 29.0 Å². The molecule has 0 spiro atoms. The lowest BCUT2D eigenvalue weighted by molar-refractivity contribution is 0.372. The van der Waals surface area contributed by atoms with E-state index in [-0.39, 0.29) is 24.0 Å². The van der Waals surface area contributed by atoms with Crippen molar-refractivity contribution in [3.8, 4) is 0 Å². The third kappa shape index (κ3) is 4.86. The summed E-state index contributed by atoms with van der Waals surface area (Å²) in [7, 11) is 1.88. The average Bonchev–Trinajstić information content (AvgIpc) is 3.29. The molecular weight excluding hydrogens is 451 g/mol. The minimum atomic E-state index is 0. The third-order valence-electron chi connectivity index (χ3n) is 4.20. The van der Waals surface area contributed by atoms with Crippen molar-refractivity contribution >= 4 is 57.6 Å². The average molecular weight is 476 g/mol. The van der Waals surface area contributed by atoms with Gasteiger partial charge >= 0.3 is 0 Å². The van der Waals surface area contributed by atoms with Crippen LogP contribution in [0.4, 0.5) is 5.00 Å². The highest BCUT2D eigenvalue weighted by Gasteiger charge is 2.20. The molecule has 2 aromatic rings. The van der Waals surface area contributed by atoms with Gasteiger partial charge in [-0.15, -0.1) is 46.7 Å². The number of halogens is 1. The van der Waals surface area contributed by atoms with Crippen molar-refractivity contribution in [3.63, 3.8) is 0 Å². The van der Waals surface area contributed by atoms with Gasteiger partial charge in [0.05, 0.1) is 5.00 Å². The molecular formula is C17H25IN4S2. The molecule has 1 atom stereocenters. The van der Waals surface area contributed by atoms with Gasteiger partial charge in [-0.2, -0.15) is 0 Å². The molecule has 7 heteroatoms. The summed E-state index contributed by atoms with van der Waals surface area (Å²) in [4.78, 5) is 10.7. The van der Waals surface area contributed by atoms with Crippen LogP contribution >= 0.6 is 46.7 Å². The largest absolute Gasteiger partial charge is 0.360 e. The van der Waals surface area contributed by atoms with E-state index in [0.29, 0.717) is 5.92 Å². The molecule has 3 rings (SSSR count). The van der Waals surface area contributed by atoms with E-state index >= 15 is 0 Å². The summed E-state index contributed by atoms with van der Waals surface area (Å²) in [5.74, 6) is 1.54. The Bertz CT molecular complexity index is 605. The second-order valence-corrected chi connectivity index (χ2v) is 7.68. The van der Waals surface area contributed by atoms with E-state index in [2.05, 4.69) is 62.1 Å². The number of hydrogen-bond donors (Lipinski definition) is 1. The van der Waals surface area contributed by atoms with Gasteiger partial charge in [0, 0.05) is 50.6 Å². The number of aliphatic imine (C=N–C) groups is 1. The van der Waals surface area contributed by atoms with Crippen molar-refractivity contribution < 1.29 is 0 Å². The van der Waals surface area contributed by atoms with Crippen LogP contribution in [0.1, 0.15) is 17.7 Å². The normalized spacial score (nSPS) is 16.7. The van der Waals surface area contributed by atoms with Crippen LogP contribution < -0.4 is 10.2 Å². The minimum Gasteiger partial charge on any atom is -0.360 e. The fourth-order valence-corrected chi connectivity index (χ4v) is 4.41. The summed E-state index contributed by atoms with van der Waals surface area (Å²) in [6.07, 6.45) is 0. The quantitative estimate of drug-likeness (QED) is 0.412. The number of nitrogens with zero attached hydrogens (tertiary/aromatic N) is 3. The van der Waals surface area contributed by atoms with Crippen LogP contribution in [-0.2, 0) is 0 Å². The molecule has 1 aliphatic rings. The SMILES string of the molecule is CN=C(NCC(C)c1cccs1)N1CCN(c2cccs2)CC1.I. The molecule has 24 heavy (non-hydrogen) atoms. The number of guanidine groups is 1. The fourth-order valence-electron chi connectivity index (χ4n) is 2.84. The zero-order valence-electron chi connectivity index (χ0n) is 14.1. The lowest BCUT2D eigenvalue weighted by Crippen LogP contribution is -2.52. The molecule has 3 heterocycles. The third-order valence-corrected chi connectivity index (χ3v) is 6.24. The first-order valence-electron chi connectivity index (χ1n) is 8.05. The Kier molecular flexibility index (Phi) is 7.83. The number of nitrogens with one attached hydrogen (secondary N) is 1. The zero-order valence-corrected chi connectivity index (χ0v) is 18.1. The maximum absolute atomic E-state index is 4.47. The van der Waals surface area contributed by atoms with Gasteiger partial charge in [-0.1, -0.05) is 13.0 Å². The molecule has 1 aliphatic heterocycles. The Morgan fingerprint density at radius 3 is 2.46 bits per heavy atom. The van der Waals surface area contributed by atoms with Crippen LogP contribution in [0.3, 0.4) is 0 Å². The molecule has 0 amide bonds. The molecule has 2 aromatic heterocycles. The van der Waals surface area contributed by atoms with Gasteiger partial charge < -0.3 is 15.1 Å². The maximum Gasteiger partial charge on any atom is 0.193 e. The Hall–Kier alpha value is -0.800. The summed E-state index contributed by atoms with van der Waals surface area (Å²) in [6.45, 7) is 7.35. The van der Waals surface area contributed by atoms with Gasteiger partial charge in [0.15, 0.2) is 5.96 Å². The molecule has 0 saturated carbocycles. The lowest BCUT2D eigenvalue weighted by atomic mass is 10.1. The van der Waals surface area contributed by atoms with E-state index < -0.39 is 0 Å². The molecule has 1 fully saturated rings. The first-order chi connectivity index (χ1) is 11.3. The van der Waals surface area contributed by atoms with E-state index in [9.17, 15) is 0 Å². The molecule has 0 aliphatic carbocycles. The smallest absolute Gasteiger partial charge is 0.193 e. The molecule has 1 saturated heterocycles. The first-order valence-corrected chi connectivity index (χ1v) is 9.81. The van der Waals surface area contributed by atoms with Crippen molar-refractivity contribution in [3.05, 3.63) is 39.9 Å². The summed E-state index contributed by atoms with van der Waals surface area (Å²) in [6, 6.07) is 8.66. The lowest BCUT2D eigenvalue weighted by Gasteiger charge is -2.37. The second kappa shape index (κ2) is 9.62. The van der Waals surface area contributed by atoms with Gasteiger partial charge in [0.1, 0.15) is 0 Å². The standard InChI is InChI=1S/C17H24N4S2.HI/c1-14(15-5-3-11-22-15)13-19-17(18-2)21-9-7-20(8-10-21)16-6-4-12-23-16;/h3-6,11-12,14H,7-10,13H2,1-2H3,(H,18,19);1H. The van der Waals surface area contributed by atoms with E-state index in [1.54, 1.807) is 0 Å². The summed E-state index contributed by atoms with van der Waals surface area (Å²) < 4.78 is 0. The highest BCUT2D eigenvalue weighted by atomic mass is 127. The van der Waals surface area contributed by atoms with E-state index in [0.717, 1.165) is 38.7 Å². The summed E-state index contributed by atoms with van der Waals surface area (Å²) in [5.41, 5.74) is 0. The Balaban J connectivity index is 0.00000208. The fraction of sp³-hybridized carbons (Fsp3) is 0.471. The maximum atomic E-state index is 4.47. The van der Waals surface area contributed by atoms with Crippen LogP contribution in [0, 0.1) is 0 Å². The van der Waals surface area contributed by atoms with E-state index in [4.69, 9.17) is 0 Å². The predicted molar refractivity (Wildman–Crippen MR) is 118 cm³/mol. The number of hydrogen-bond acceptors (Lipinski definition) is 4. The van der Waals surface area contributed by atoms with Crippen LogP contribution in [0.15, 0.2) is 40.0 Å². The Labute approximate surface area is 169 Å². The topological polar surface area (TPSA) is 30.9 Å². The molecule has 1 N–H and O–H groups in total. The molecule has 0 aromatic carbocycles. The van der Waals surface area contributed by atoms with Crippen LogP contribution in [0.5, 0.6) is 0 Å². The zero-order chi connectivity index (χ0) is 16.1. The number of piperazine rings is 1. The first kappa shape index (κ1) is 19.5. The second-order valence-electron chi connectivity index (χ2n) is 5.77. The molecule has 0 bridgehead atoms. The highest BCUT2D eigenvalue weighted by Crippen LogP contribution is 2.22. The summed E-state index contributed by atoms with van der Waals surface area (Å²) in [5, 5.41) is 9.21.